The van der Waals surface area contributed by atoms with Crippen LogP contribution in [0.15, 0.2) is 42.6 Å². The molecule has 4 heterocycles. The van der Waals surface area contributed by atoms with Gasteiger partial charge in [-0.2, -0.15) is 13.2 Å². The lowest BCUT2D eigenvalue weighted by Crippen LogP contribution is -2.67. The van der Waals surface area contributed by atoms with Crippen molar-refractivity contribution < 1.29 is 17.6 Å². The normalized spacial score (nSPS) is 23.7. The zero-order valence-electron chi connectivity index (χ0n) is 14.1. The molecule has 1 aromatic carbocycles. The number of piperazine rings is 1. The van der Waals surface area contributed by atoms with E-state index in [2.05, 4.69) is 14.8 Å². The summed E-state index contributed by atoms with van der Waals surface area (Å²) in [7, 11) is 0. The molecule has 138 valence electrons. The first-order valence-electron chi connectivity index (χ1n) is 8.64. The minimum absolute atomic E-state index is 0.299. The first kappa shape index (κ1) is 17.4. The smallest absolute Gasteiger partial charge is 0.294 e. The largest absolute Gasteiger partial charge is 0.416 e. The van der Waals surface area contributed by atoms with Crippen LogP contribution in [0.3, 0.4) is 0 Å². The van der Waals surface area contributed by atoms with Gasteiger partial charge in [-0.05, 0) is 30.2 Å². The lowest BCUT2D eigenvalue weighted by atomic mass is 9.86. The number of nitrogens with zero attached hydrogens (tertiary/aromatic N) is 3. The summed E-state index contributed by atoms with van der Waals surface area (Å²) in [6, 6.07) is 9.12. The fourth-order valence-electron chi connectivity index (χ4n) is 3.97. The quantitative estimate of drug-likeness (QED) is 0.771. The van der Waals surface area contributed by atoms with Gasteiger partial charge in [0.15, 0.2) is 0 Å². The predicted octanol–water partition coefficient (Wildman–Crippen LogP) is 3.70. The van der Waals surface area contributed by atoms with Crippen molar-refractivity contribution in [3.63, 3.8) is 0 Å². The van der Waals surface area contributed by atoms with E-state index in [4.69, 9.17) is 0 Å². The van der Waals surface area contributed by atoms with Gasteiger partial charge in [-0.25, -0.2) is 4.39 Å². The van der Waals surface area contributed by atoms with Crippen molar-refractivity contribution in [1.29, 1.82) is 0 Å². The van der Waals surface area contributed by atoms with Gasteiger partial charge in [0, 0.05) is 44.5 Å². The Morgan fingerprint density at radius 1 is 1.04 bits per heavy atom. The van der Waals surface area contributed by atoms with Crippen LogP contribution in [0.2, 0.25) is 0 Å². The standard InChI is InChI=1S/C19H19F4N3/c20-17-5-2-6-24-18(17)12-25-10-15-8-16(11-25)26(15)9-13-3-1-4-14(7-13)19(21,22)23/h1-7,15-16H,8-12H2. The molecule has 2 bridgehead atoms. The fourth-order valence-corrected chi connectivity index (χ4v) is 3.97. The van der Waals surface area contributed by atoms with E-state index in [1.54, 1.807) is 18.3 Å². The highest BCUT2D eigenvalue weighted by atomic mass is 19.4. The van der Waals surface area contributed by atoms with Gasteiger partial charge >= 0.3 is 6.18 Å². The number of pyridine rings is 1. The number of benzene rings is 1. The zero-order valence-corrected chi connectivity index (χ0v) is 14.1. The van der Waals surface area contributed by atoms with Gasteiger partial charge in [-0.15, -0.1) is 0 Å². The summed E-state index contributed by atoms with van der Waals surface area (Å²) in [5.74, 6) is -0.299. The first-order valence-corrected chi connectivity index (χ1v) is 8.64. The number of piperidine rings is 1. The van der Waals surface area contributed by atoms with E-state index >= 15 is 0 Å². The van der Waals surface area contributed by atoms with E-state index in [1.165, 1.54) is 18.2 Å². The van der Waals surface area contributed by atoms with Crippen LogP contribution in [-0.2, 0) is 19.3 Å². The van der Waals surface area contributed by atoms with E-state index < -0.39 is 11.7 Å². The molecule has 2 aromatic rings. The van der Waals surface area contributed by atoms with Crippen molar-refractivity contribution in [2.45, 2.75) is 37.8 Å². The molecule has 3 nitrogen and oxygen atoms in total. The molecule has 0 spiro atoms. The van der Waals surface area contributed by atoms with Gasteiger partial charge in [0.2, 0.25) is 0 Å². The van der Waals surface area contributed by atoms with Gasteiger partial charge in [-0.1, -0.05) is 18.2 Å². The van der Waals surface area contributed by atoms with Crippen molar-refractivity contribution in [3.05, 3.63) is 65.2 Å². The Kier molecular flexibility index (Phi) is 4.44. The SMILES string of the molecule is Fc1cccnc1CN1CC2CC(C1)N2Cc1cccc(C(F)(F)F)c1. The number of fused-ring (bicyclic) bond motifs is 2. The van der Waals surface area contributed by atoms with Crippen molar-refractivity contribution in [2.24, 2.45) is 0 Å². The van der Waals surface area contributed by atoms with Crippen molar-refractivity contribution in [1.82, 2.24) is 14.8 Å². The molecule has 3 saturated heterocycles. The summed E-state index contributed by atoms with van der Waals surface area (Å²) < 4.78 is 52.4. The molecule has 5 rings (SSSR count). The van der Waals surface area contributed by atoms with E-state index in [1.807, 2.05) is 0 Å². The molecule has 0 N–H and O–H groups in total. The molecular weight excluding hydrogens is 346 g/mol. The van der Waals surface area contributed by atoms with Crippen LogP contribution in [-0.4, -0.2) is 40.0 Å². The number of hydrogen-bond donors (Lipinski definition) is 0. The minimum Gasteiger partial charge on any atom is -0.294 e. The van der Waals surface area contributed by atoms with Crippen molar-refractivity contribution in [2.75, 3.05) is 13.1 Å². The molecule has 0 amide bonds. The fraction of sp³-hybridized carbons (Fsp3) is 0.421. The summed E-state index contributed by atoms with van der Waals surface area (Å²) in [6.45, 7) is 2.55. The van der Waals surface area contributed by atoms with Crippen molar-refractivity contribution >= 4 is 0 Å². The van der Waals surface area contributed by atoms with E-state index in [0.29, 0.717) is 36.4 Å². The van der Waals surface area contributed by atoms with E-state index in [0.717, 1.165) is 25.6 Å². The van der Waals surface area contributed by atoms with Crippen LogP contribution in [0, 0.1) is 5.82 Å². The second-order valence-electron chi connectivity index (χ2n) is 7.04. The Morgan fingerprint density at radius 3 is 2.50 bits per heavy atom. The van der Waals surface area contributed by atoms with Gasteiger partial charge in [-0.3, -0.25) is 14.8 Å². The molecule has 0 aliphatic carbocycles. The molecule has 3 fully saturated rings. The van der Waals surface area contributed by atoms with Crippen LogP contribution in [0.5, 0.6) is 0 Å². The highest BCUT2D eigenvalue weighted by Crippen LogP contribution is 2.35. The molecule has 0 radical (unpaired) electrons. The maximum Gasteiger partial charge on any atom is 0.416 e. The van der Waals surface area contributed by atoms with Crippen molar-refractivity contribution in [3.8, 4) is 0 Å². The second-order valence-corrected chi connectivity index (χ2v) is 7.04. The molecule has 3 aliphatic heterocycles. The van der Waals surface area contributed by atoms with E-state index in [9.17, 15) is 17.6 Å². The molecule has 7 heteroatoms. The molecule has 2 unspecified atom stereocenters. The molecule has 1 aromatic heterocycles. The van der Waals surface area contributed by atoms with E-state index in [-0.39, 0.29) is 5.82 Å². The van der Waals surface area contributed by atoms with Gasteiger partial charge < -0.3 is 0 Å². The lowest BCUT2D eigenvalue weighted by molar-refractivity contribution is -0.137. The maximum absolute atomic E-state index is 13.8. The predicted molar refractivity (Wildman–Crippen MR) is 88.7 cm³/mol. The molecule has 26 heavy (non-hydrogen) atoms. The second kappa shape index (κ2) is 6.63. The summed E-state index contributed by atoms with van der Waals surface area (Å²) in [5.41, 5.74) is 0.518. The topological polar surface area (TPSA) is 19.4 Å². The van der Waals surface area contributed by atoms with Gasteiger partial charge in [0.1, 0.15) is 5.82 Å². The third kappa shape index (κ3) is 3.46. The Labute approximate surface area is 149 Å². The average molecular weight is 365 g/mol. The van der Waals surface area contributed by atoms with Crippen LogP contribution in [0.25, 0.3) is 0 Å². The number of hydrogen-bond acceptors (Lipinski definition) is 3. The summed E-state index contributed by atoms with van der Waals surface area (Å²) in [4.78, 5) is 8.52. The Bertz CT molecular complexity index is 780. The summed E-state index contributed by atoms with van der Waals surface area (Å²) >= 11 is 0. The molecule has 0 saturated carbocycles. The van der Waals surface area contributed by atoms with Crippen LogP contribution < -0.4 is 0 Å². The number of aromatic nitrogens is 1. The highest BCUT2D eigenvalue weighted by molar-refractivity contribution is 5.26. The number of halogens is 4. The lowest BCUT2D eigenvalue weighted by Gasteiger charge is -2.56. The first-order chi connectivity index (χ1) is 12.4. The molecule has 3 aliphatic rings. The third-order valence-corrected chi connectivity index (χ3v) is 5.25. The number of alkyl halides is 3. The number of rotatable bonds is 4. The Hall–Kier alpha value is -1.99. The maximum atomic E-state index is 13.8. The summed E-state index contributed by atoms with van der Waals surface area (Å²) in [5, 5.41) is 0. The molecular formula is C19H19F4N3. The monoisotopic (exact) mass is 365 g/mol. The Morgan fingerprint density at radius 2 is 1.81 bits per heavy atom. The van der Waals surface area contributed by atoms with Gasteiger partial charge in [0.25, 0.3) is 0 Å². The minimum atomic E-state index is -4.32. The Balaban J connectivity index is 1.38. The highest BCUT2D eigenvalue weighted by Gasteiger charge is 2.44. The van der Waals surface area contributed by atoms with Crippen LogP contribution in [0.4, 0.5) is 17.6 Å². The van der Waals surface area contributed by atoms with Gasteiger partial charge in [0.05, 0.1) is 11.3 Å². The van der Waals surface area contributed by atoms with Crippen LogP contribution >= 0.6 is 0 Å². The summed E-state index contributed by atoms with van der Waals surface area (Å²) in [6.07, 6.45) is -1.69. The average Bonchev–Trinajstić information content (AvgIpc) is 2.61. The molecule has 2 atom stereocenters. The third-order valence-electron chi connectivity index (χ3n) is 5.25. The van der Waals surface area contributed by atoms with Crippen LogP contribution in [0.1, 0.15) is 23.2 Å². The zero-order chi connectivity index (χ0) is 18.3.